The SMILES string of the molecule is O=C1[C@@H]2[C@H](C(=O)N1CCC[N+]1(CCO)CCCC1)[C@H](c1cc(-c3ccc(Cl)s3)on1)[NH+]1CCC[C@@H]21. The molecular formula is C25H33ClN4O4S+2. The lowest BCUT2D eigenvalue weighted by molar-refractivity contribution is -0.932. The van der Waals surface area contributed by atoms with Crippen LogP contribution in [0.1, 0.15) is 43.8 Å². The van der Waals surface area contributed by atoms with E-state index in [0.29, 0.717) is 16.6 Å². The van der Waals surface area contributed by atoms with Crippen molar-refractivity contribution in [2.24, 2.45) is 11.8 Å². The van der Waals surface area contributed by atoms with Crippen molar-refractivity contribution in [2.75, 3.05) is 45.9 Å². The van der Waals surface area contributed by atoms with Crippen LogP contribution in [0, 0.1) is 11.8 Å². The van der Waals surface area contributed by atoms with Gasteiger partial charge in [-0.1, -0.05) is 16.8 Å². The zero-order valence-corrected chi connectivity index (χ0v) is 21.4. The molecule has 6 heterocycles. The van der Waals surface area contributed by atoms with Gasteiger partial charge in [0.15, 0.2) is 5.76 Å². The molecule has 8 nitrogen and oxygen atoms in total. The summed E-state index contributed by atoms with van der Waals surface area (Å²) < 4.78 is 7.28. The van der Waals surface area contributed by atoms with Gasteiger partial charge >= 0.3 is 0 Å². The van der Waals surface area contributed by atoms with Gasteiger partial charge in [-0.15, -0.1) is 11.3 Å². The number of likely N-dealkylation sites (tertiary alicyclic amines) is 2. The van der Waals surface area contributed by atoms with E-state index in [-0.39, 0.29) is 42.3 Å². The number of aliphatic hydroxyl groups is 1. The molecule has 2 aromatic rings. The van der Waals surface area contributed by atoms with Crippen LogP contribution in [0.15, 0.2) is 22.7 Å². The molecule has 0 radical (unpaired) electrons. The molecule has 188 valence electrons. The molecular weight excluding hydrogens is 488 g/mol. The number of rotatable bonds is 8. The van der Waals surface area contributed by atoms with Crippen LogP contribution in [-0.2, 0) is 9.59 Å². The molecule has 0 spiro atoms. The Balaban J connectivity index is 1.21. The van der Waals surface area contributed by atoms with Crippen molar-refractivity contribution in [3.05, 3.63) is 28.2 Å². The minimum Gasteiger partial charge on any atom is -0.391 e. The monoisotopic (exact) mass is 520 g/mol. The molecule has 0 bridgehead atoms. The number of amides is 2. The number of aliphatic hydroxyl groups excluding tert-OH is 1. The Morgan fingerprint density at radius 2 is 1.97 bits per heavy atom. The van der Waals surface area contributed by atoms with Crippen molar-refractivity contribution in [2.45, 2.75) is 44.2 Å². The van der Waals surface area contributed by atoms with Gasteiger partial charge in [-0.05, 0) is 12.1 Å². The van der Waals surface area contributed by atoms with Crippen LogP contribution >= 0.6 is 22.9 Å². The molecule has 5 atom stereocenters. The summed E-state index contributed by atoms with van der Waals surface area (Å²) >= 11 is 7.54. The number of carbonyl (C=O) groups excluding carboxylic acids is 2. The third-order valence-corrected chi connectivity index (χ3v) is 10.2. The molecule has 0 aromatic carbocycles. The molecule has 10 heteroatoms. The second-order valence-corrected chi connectivity index (χ2v) is 12.4. The fraction of sp³-hybridized carbons (Fsp3) is 0.640. The maximum absolute atomic E-state index is 13.7. The summed E-state index contributed by atoms with van der Waals surface area (Å²) in [5.74, 6) is 0.0166. The number of halogens is 1. The summed E-state index contributed by atoms with van der Waals surface area (Å²) in [7, 11) is 0. The minimum atomic E-state index is -0.361. The number of nitrogens with zero attached hydrogens (tertiary/aromatic N) is 3. The van der Waals surface area contributed by atoms with E-state index in [1.165, 1.54) is 29.1 Å². The lowest BCUT2D eigenvalue weighted by Gasteiger charge is -2.34. The topological polar surface area (TPSA) is 88.1 Å². The molecule has 2 N–H and O–H groups in total. The molecule has 4 aliphatic rings. The molecule has 35 heavy (non-hydrogen) atoms. The predicted octanol–water partition coefficient (Wildman–Crippen LogP) is 1.75. The summed E-state index contributed by atoms with van der Waals surface area (Å²) in [4.78, 5) is 31.0. The number of imide groups is 1. The highest BCUT2D eigenvalue weighted by atomic mass is 35.5. The van der Waals surface area contributed by atoms with E-state index in [4.69, 9.17) is 16.1 Å². The maximum Gasteiger partial charge on any atom is 0.239 e. The number of carbonyl (C=O) groups is 2. The summed E-state index contributed by atoms with van der Waals surface area (Å²) in [6.07, 6.45) is 5.20. The van der Waals surface area contributed by atoms with Crippen LogP contribution in [0.25, 0.3) is 10.6 Å². The quantitative estimate of drug-likeness (QED) is 0.409. The van der Waals surface area contributed by atoms with Gasteiger partial charge in [-0.3, -0.25) is 14.5 Å². The van der Waals surface area contributed by atoms with Crippen molar-refractivity contribution in [3.8, 4) is 10.6 Å². The van der Waals surface area contributed by atoms with E-state index >= 15 is 0 Å². The van der Waals surface area contributed by atoms with E-state index in [1.807, 2.05) is 18.2 Å². The molecule has 6 rings (SSSR count). The Morgan fingerprint density at radius 3 is 2.71 bits per heavy atom. The van der Waals surface area contributed by atoms with Gasteiger partial charge in [0.1, 0.15) is 36.2 Å². The standard InChI is InChI=1S/C25H32ClN4O4S/c26-20-7-6-19(35-20)18-15-16(27-34-18)23-22-21(17-5-3-8-28(17)23)24(32)29(25(22)33)9-4-12-30(13-14-31)10-1-2-11-30/h6-7,15,17,21-23,31H,1-5,8-14H2/q+1/p+1/t17-,21-,22-,23-/m0/s1. The van der Waals surface area contributed by atoms with Crippen molar-refractivity contribution in [3.63, 3.8) is 0 Å². The van der Waals surface area contributed by atoms with Crippen LogP contribution in [0.5, 0.6) is 0 Å². The third kappa shape index (κ3) is 3.96. The first-order valence-electron chi connectivity index (χ1n) is 12.9. The predicted molar refractivity (Wildman–Crippen MR) is 131 cm³/mol. The number of fused-ring (bicyclic) bond motifs is 3. The van der Waals surface area contributed by atoms with Gasteiger partial charge in [0.2, 0.25) is 11.8 Å². The van der Waals surface area contributed by atoms with Gasteiger partial charge in [-0.2, -0.15) is 0 Å². The van der Waals surface area contributed by atoms with Crippen molar-refractivity contribution in [1.29, 1.82) is 0 Å². The van der Waals surface area contributed by atoms with Gasteiger partial charge in [0.25, 0.3) is 0 Å². The van der Waals surface area contributed by atoms with E-state index in [2.05, 4.69) is 5.16 Å². The van der Waals surface area contributed by atoms with Crippen molar-refractivity contribution in [1.82, 2.24) is 10.1 Å². The van der Waals surface area contributed by atoms with E-state index in [1.54, 1.807) is 4.90 Å². The Hall–Kier alpha value is -1.78. The molecule has 4 saturated heterocycles. The van der Waals surface area contributed by atoms with Crippen molar-refractivity contribution >= 4 is 34.8 Å². The Morgan fingerprint density at radius 1 is 1.17 bits per heavy atom. The fourth-order valence-corrected chi connectivity index (χ4v) is 8.40. The number of aromatic nitrogens is 1. The third-order valence-electron chi connectivity index (χ3n) is 8.90. The number of hydrogen-bond donors (Lipinski definition) is 2. The number of nitrogens with one attached hydrogen (secondary N) is 1. The first kappa shape index (κ1) is 23.6. The average Bonchev–Trinajstić information content (AvgIpc) is 3.65. The van der Waals surface area contributed by atoms with E-state index < -0.39 is 0 Å². The first-order chi connectivity index (χ1) is 17.0. The van der Waals surface area contributed by atoms with Gasteiger partial charge in [0.05, 0.1) is 42.0 Å². The first-order valence-corrected chi connectivity index (χ1v) is 14.1. The minimum absolute atomic E-state index is 0.00999. The summed E-state index contributed by atoms with van der Waals surface area (Å²) in [6.45, 7) is 5.46. The van der Waals surface area contributed by atoms with Gasteiger partial charge in [0, 0.05) is 44.7 Å². The van der Waals surface area contributed by atoms with Crippen LogP contribution in [0.3, 0.4) is 0 Å². The van der Waals surface area contributed by atoms with Crippen LogP contribution in [0.2, 0.25) is 4.34 Å². The summed E-state index contributed by atoms with van der Waals surface area (Å²) in [5, 5.41) is 13.9. The summed E-state index contributed by atoms with van der Waals surface area (Å²) in [5.41, 5.74) is 0.770. The van der Waals surface area contributed by atoms with Gasteiger partial charge < -0.3 is 19.0 Å². The number of quaternary nitrogens is 2. The van der Waals surface area contributed by atoms with Crippen LogP contribution < -0.4 is 4.90 Å². The molecule has 0 aliphatic carbocycles. The smallest absolute Gasteiger partial charge is 0.239 e. The van der Waals surface area contributed by atoms with Gasteiger partial charge in [-0.25, -0.2) is 0 Å². The van der Waals surface area contributed by atoms with Crippen LogP contribution in [0.4, 0.5) is 0 Å². The lowest BCUT2D eigenvalue weighted by Crippen LogP contribution is -3.12. The van der Waals surface area contributed by atoms with E-state index in [9.17, 15) is 14.7 Å². The number of hydrogen-bond acceptors (Lipinski definition) is 6. The lowest BCUT2D eigenvalue weighted by atomic mass is 9.86. The molecule has 4 aliphatic heterocycles. The van der Waals surface area contributed by atoms with Crippen molar-refractivity contribution < 1.29 is 28.6 Å². The highest BCUT2D eigenvalue weighted by molar-refractivity contribution is 7.19. The zero-order chi connectivity index (χ0) is 24.2. The second-order valence-electron chi connectivity index (χ2n) is 10.7. The highest BCUT2D eigenvalue weighted by Crippen LogP contribution is 2.44. The molecule has 2 amide bonds. The Bertz CT molecular complexity index is 1110. The summed E-state index contributed by atoms with van der Waals surface area (Å²) in [6, 6.07) is 5.72. The van der Waals surface area contributed by atoms with E-state index in [0.717, 1.165) is 67.0 Å². The Labute approximate surface area is 214 Å². The fourth-order valence-electron chi connectivity index (χ4n) is 7.41. The second kappa shape index (κ2) is 9.27. The average molecular weight is 521 g/mol. The highest BCUT2D eigenvalue weighted by Gasteiger charge is 2.67. The normalized spacial score (nSPS) is 31.5. The van der Waals surface area contributed by atoms with Crippen LogP contribution in [-0.4, -0.2) is 83.4 Å². The maximum atomic E-state index is 13.7. The molecule has 4 fully saturated rings. The molecule has 1 unspecified atom stereocenters. The Kier molecular flexibility index (Phi) is 6.25. The number of thiophene rings is 1. The molecule has 2 aromatic heterocycles. The zero-order valence-electron chi connectivity index (χ0n) is 19.8. The largest absolute Gasteiger partial charge is 0.391 e. The molecule has 0 saturated carbocycles.